The number of carbonyl (C=O) groups is 1. The number of H-pyrrole nitrogens is 1. The zero-order valence-electron chi connectivity index (χ0n) is 11.6. The fourth-order valence-corrected chi connectivity index (χ4v) is 3.47. The van der Waals surface area contributed by atoms with Crippen molar-refractivity contribution in [3.63, 3.8) is 0 Å². The first-order valence-electron chi connectivity index (χ1n) is 7.10. The molecule has 0 saturated heterocycles. The van der Waals surface area contributed by atoms with Gasteiger partial charge < -0.3 is 15.2 Å². The smallest absolute Gasteiger partial charge is 0.314 e. The van der Waals surface area contributed by atoms with Crippen LogP contribution in [0.4, 0.5) is 0 Å². The number of nitrogens with one attached hydrogen (secondary N) is 1. The molecule has 4 heteroatoms. The van der Waals surface area contributed by atoms with Crippen molar-refractivity contribution < 1.29 is 15.0 Å². The van der Waals surface area contributed by atoms with Crippen LogP contribution in [0.25, 0.3) is 10.9 Å². The quantitative estimate of drug-likeness (QED) is 0.784. The molecule has 0 unspecified atom stereocenters. The summed E-state index contributed by atoms with van der Waals surface area (Å²) in [5, 5.41) is 21.0. The molecule has 1 heterocycles. The molecule has 3 rings (SSSR count). The molecular weight excluding hydrogens is 254 g/mol. The Kier molecular flexibility index (Phi) is 2.96. The number of carboxylic acid groups (broad SMARTS) is 1. The van der Waals surface area contributed by atoms with Gasteiger partial charge >= 0.3 is 5.97 Å². The Morgan fingerprint density at radius 2 is 1.95 bits per heavy atom. The number of hydrogen-bond acceptors (Lipinski definition) is 2. The van der Waals surface area contributed by atoms with Crippen LogP contribution in [-0.4, -0.2) is 21.2 Å². The van der Waals surface area contributed by atoms with Crippen molar-refractivity contribution >= 4 is 16.9 Å². The number of aryl methyl sites for hydroxylation is 1. The molecule has 1 aromatic heterocycles. The van der Waals surface area contributed by atoms with Gasteiger partial charge in [0.05, 0.1) is 5.41 Å². The third kappa shape index (κ3) is 1.79. The van der Waals surface area contributed by atoms with Gasteiger partial charge in [-0.1, -0.05) is 25.3 Å². The molecule has 3 N–H and O–H groups in total. The van der Waals surface area contributed by atoms with Crippen LogP contribution in [0.3, 0.4) is 0 Å². The van der Waals surface area contributed by atoms with Crippen LogP contribution in [0.5, 0.6) is 5.75 Å². The number of aromatic hydroxyl groups is 1. The van der Waals surface area contributed by atoms with E-state index in [2.05, 4.69) is 4.98 Å². The summed E-state index contributed by atoms with van der Waals surface area (Å²) in [5.41, 5.74) is 1.44. The van der Waals surface area contributed by atoms with Gasteiger partial charge in [-0.15, -0.1) is 0 Å². The zero-order chi connectivity index (χ0) is 14.3. The molecule has 1 aliphatic rings. The number of fused-ring (bicyclic) bond motifs is 1. The number of aromatic amines is 1. The van der Waals surface area contributed by atoms with Crippen LogP contribution < -0.4 is 0 Å². The molecule has 1 saturated carbocycles. The lowest BCUT2D eigenvalue weighted by atomic mass is 9.69. The Morgan fingerprint density at radius 1 is 1.25 bits per heavy atom. The van der Waals surface area contributed by atoms with Gasteiger partial charge in [0, 0.05) is 22.2 Å². The van der Waals surface area contributed by atoms with Crippen molar-refractivity contribution in [2.75, 3.05) is 0 Å². The number of rotatable bonds is 2. The van der Waals surface area contributed by atoms with Crippen LogP contribution in [0.1, 0.15) is 43.4 Å². The van der Waals surface area contributed by atoms with E-state index in [1.165, 1.54) is 0 Å². The highest BCUT2D eigenvalue weighted by Crippen LogP contribution is 2.45. The minimum atomic E-state index is -0.929. The van der Waals surface area contributed by atoms with Crippen molar-refractivity contribution in [3.05, 3.63) is 29.5 Å². The number of phenolic OH excluding ortho intramolecular Hbond substituents is 1. The van der Waals surface area contributed by atoms with Crippen LogP contribution >= 0.6 is 0 Å². The Hall–Kier alpha value is -1.97. The van der Waals surface area contributed by atoms with Gasteiger partial charge in [0.15, 0.2) is 0 Å². The van der Waals surface area contributed by atoms with E-state index in [1.807, 2.05) is 19.1 Å². The van der Waals surface area contributed by atoms with Gasteiger partial charge in [-0.05, 0) is 31.9 Å². The molecular formula is C16H19NO3. The number of aliphatic carboxylic acids is 1. The summed E-state index contributed by atoms with van der Waals surface area (Å²) in [6, 6.07) is 5.51. The SMILES string of the molecule is Cc1cc2c(O)c(C3(C(=O)O)CCCCC3)ccc2[nH]1. The van der Waals surface area contributed by atoms with E-state index in [1.54, 1.807) is 6.07 Å². The van der Waals surface area contributed by atoms with Gasteiger partial charge in [0.1, 0.15) is 5.75 Å². The van der Waals surface area contributed by atoms with E-state index >= 15 is 0 Å². The maximum Gasteiger partial charge on any atom is 0.314 e. The van der Waals surface area contributed by atoms with Crippen LogP contribution in [0.2, 0.25) is 0 Å². The molecule has 106 valence electrons. The highest BCUT2D eigenvalue weighted by atomic mass is 16.4. The van der Waals surface area contributed by atoms with E-state index in [-0.39, 0.29) is 5.75 Å². The van der Waals surface area contributed by atoms with Crippen molar-refractivity contribution in [1.29, 1.82) is 0 Å². The van der Waals surface area contributed by atoms with Gasteiger partial charge in [0.2, 0.25) is 0 Å². The molecule has 1 fully saturated rings. The van der Waals surface area contributed by atoms with Crippen LogP contribution in [0, 0.1) is 6.92 Å². The van der Waals surface area contributed by atoms with Gasteiger partial charge in [-0.2, -0.15) is 0 Å². The Balaban J connectivity index is 2.20. The summed E-state index contributed by atoms with van der Waals surface area (Å²) in [6.45, 7) is 1.92. The number of phenols is 1. The molecule has 0 spiro atoms. The second-order valence-corrected chi connectivity index (χ2v) is 5.82. The van der Waals surface area contributed by atoms with Crippen molar-refractivity contribution in [2.24, 2.45) is 0 Å². The molecule has 4 nitrogen and oxygen atoms in total. The fourth-order valence-electron chi connectivity index (χ4n) is 3.47. The molecule has 0 atom stereocenters. The third-order valence-corrected chi connectivity index (χ3v) is 4.54. The van der Waals surface area contributed by atoms with Crippen LogP contribution in [-0.2, 0) is 10.2 Å². The molecule has 0 bridgehead atoms. The fraction of sp³-hybridized carbons (Fsp3) is 0.438. The maximum absolute atomic E-state index is 11.9. The number of benzene rings is 1. The molecule has 1 aliphatic carbocycles. The summed E-state index contributed by atoms with van der Waals surface area (Å²) in [6.07, 6.45) is 4.07. The lowest BCUT2D eigenvalue weighted by molar-refractivity contribution is -0.145. The summed E-state index contributed by atoms with van der Waals surface area (Å²) >= 11 is 0. The Morgan fingerprint density at radius 3 is 2.60 bits per heavy atom. The van der Waals surface area contributed by atoms with Gasteiger partial charge in [-0.3, -0.25) is 4.79 Å². The first-order chi connectivity index (χ1) is 9.54. The predicted molar refractivity (Wildman–Crippen MR) is 77.1 cm³/mol. The summed E-state index contributed by atoms with van der Waals surface area (Å²) in [4.78, 5) is 15.0. The summed E-state index contributed by atoms with van der Waals surface area (Å²) < 4.78 is 0. The van der Waals surface area contributed by atoms with E-state index in [4.69, 9.17) is 0 Å². The van der Waals surface area contributed by atoms with Crippen molar-refractivity contribution in [3.8, 4) is 5.75 Å². The molecule has 0 radical (unpaired) electrons. The number of carboxylic acids is 1. The Bertz CT molecular complexity index is 666. The highest BCUT2D eigenvalue weighted by molar-refractivity contribution is 5.92. The summed E-state index contributed by atoms with van der Waals surface area (Å²) in [7, 11) is 0. The standard InChI is InChI=1S/C16H19NO3/c1-10-9-11-13(17-10)6-5-12(14(11)18)16(15(19)20)7-3-2-4-8-16/h5-6,9,17-18H,2-4,7-8H2,1H3,(H,19,20). The predicted octanol–water partition coefficient (Wildman–Crippen LogP) is 3.47. The van der Waals surface area contributed by atoms with E-state index in [0.29, 0.717) is 23.8 Å². The van der Waals surface area contributed by atoms with Gasteiger partial charge in [0.25, 0.3) is 0 Å². The minimum Gasteiger partial charge on any atom is -0.507 e. The minimum absolute atomic E-state index is 0.121. The monoisotopic (exact) mass is 273 g/mol. The van der Waals surface area contributed by atoms with Crippen molar-refractivity contribution in [2.45, 2.75) is 44.4 Å². The Labute approximate surface area is 117 Å². The molecule has 1 aromatic carbocycles. The lowest BCUT2D eigenvalue weighted by Crippen LogP contribution is -2.37. The second-order valence-electron chi connectivity index (χ2n) is 5.82. The zero-order valence-corrected chi connectivity index (χ0v) is 11.6. The first kappa shape index (κ1) is 13.0. The summed E-state index contributed by atoms with van der Waals surface area (Å²) in [5.74, 6) is -0.699. The molecule has 20 heavy (non-hydrogen) atoms. The average Bonchev–Trinajstić information content (AvgIpc) is 2.81. The second kappa shape index (κ2) is 4.54. The lowest BCUT2D eigenvalue weighted by Gasteiger charge is -2.34. The topological polar surface area (TPSA) is 73.3 Å². The maximum atomic E-state index is 11.9. The van der Waals surface area contributed by atoms with E-state index in [0.717, 1.165) is 30.5 Å². The highest BCUT2D eigenvalue weighted by Gasteiger charge is 2.43. The van der Waals surface area contributed by atoms with Gasteiger partial charge in [-0.25, -0.2) is 0 Å². The van der Waals surface area contributed by atoms with E-state index < -0.39 is 11.4 Å². The van der Waals surface area contributed by atoms with Crippen LogP contribution in [0.15, 0.2) is 18.2 Å². The average molecular weight is 273 g/mol. The normalized spacial score (nSPS) is 18.2. The first-order valence-corrected chi connectivity index (χ1v) is 7.10. The third-order valence-electron chi connectivity index (χ3n) is 4.54. The van der Waals surface area contributed by atoms with Crippen molar-refractivity contribution in [1.82, 2.24) is 4.98 Å². The molecule has 2 aromatic rings. The molecule has 0 amide bonds. The largest absolute Gasteiger partial charge is 0.507 e. The van der Waals surface area contributed by atoms with E-state index in [9.17, 15) is 15.0 Å². The number of aromatic nitrogens is 1. The molecule has 0 aliphatic heterocycles. The number of hydrogen-bond donors (Lipinski definition) is 3.